The lowest BCUT2D eigenvalue weighted by molar-refractivity contribution is 0.666. The first-order chi connectivity index (χ1) is 33.8. The SMILES string of the molecule is c1ccc(-c2cccc3c2Sc2cc4c5c6c2B3c2cc3c(oc7ccccc73)c3c2N6c2c(cc6c(oc7ccccc76)c2N3c2ccccc2)B5c2cccc(-c3ccccc3)c2S4)cc1. The van der Waals surface area contributed by atoms with E-state index >= 15 is 0 Å². The molecule has 68 heavy (non-hydrogen) atoms. The van der Waals surface area contributed by atoms with Gasteiger partial charge < -0.3 is 18.6 Å². The Balaban J connectivity index is 1.09. The van der Waals surface area contributed by atoms with Crippen molar-refractivity contribution in [3.05, 3.63) is 194 Å². The Morgan fingerprint density at radius 1 is 0.353 bits per heavy atom. The van der Waals surface area contributed by atoms with Gasteiger partial charge in [0.05, 0.1) is 11.4 Å². The Hall–Kier alpha value is -7.77. The van der Waals surface area contributed by atoms with Crippen molar-refractivity contribution >= 4 is 148 Å². The molecule has 10 aromatic carbocycles. The molecule has 8 heteroatoms. The van der Waals surface area contributed by atoms with Gasteiger partial charge in [-0.2, -0.15) is 0 Å². The number of para-hydroxylation sites is 3. The van der Waals surface area contributed by atoms with Crippen LogP contribution in [0.25, 0.3) is 66.1 Å². The molecule has 2 aromatic heterocycles. The first kappa shape index (κ1) is 36.4. The lowest BCUT2D eigenvalue weighted by Gasteiger charge is -2.52. The molecule has 7 heterocycles. The molecule has 0 aliphatic carbocycles. The third-order valence-electron chi connectivity index (χ3n) is 15.2. The zero-order valence-electron chi connectivity index (χ0n) is 36.2. The molecule has 0 radical (unpaired) electrons. The van der Waals surface area contributed by atoms with Crippen molar-refractivity contribution in [2.45, 2.75) is 19.6 Å². The van der Waals surface area contributed by atoms with Gasteiger partial charge >= 0.3 is 0 Å². The number of hydrogen-bond donors (Lipinski definition) is 0. The molecule has 5 aliphatic rings. The van der Waals surface area contributed by atoms with E-state index in [1.807, 2.05) is 23.5 Å². The van der Waals surface area contributed by atoms with Crippen molar-refractivity contribution < 1.29 is 8.83 Å². The van der Waals surface area contributed by atoms with Gasteiger partial charge in [0.25, 0.3) is 0 Å². The van der Waals surface area contributed by atoms with Crippen molar-refractivity contribution in [2.24, 2.45) is 0 Å². The Kier molecular flexibility index (Phi) is 6.96. The summed E-state index contributed by atoms with van der Waals surface area (Å²) in [6, 6.07) is 71.5. The van der Waals surface area contributed by atoms with Crippen LogP contribution in [0.1, 0.15) is 0 Å². The van der Waals surface area contributed by atoms with Crippen LogP contribution in [-0.4, -0.2) is 13.4 Å². The summed E-state index contributed by atoms with van der Waals surface area (Å²) >= 11 is 3.90. The molecular formula is C60H32B2N2O2S2. The fraction of sp³-hybridized carbons (Fsp3) is 0. The molecule has 0 unspecified atom stereocenters. The molecule has 312 valence electrons. The quantitative estimate of drug-likeness (QED) is 0.164. The van der Waals surface area contributed by atoms with Crippen LogP contribution in [0.15, 0.2) is 223 Å². The van der Waals surface area contributed by atoms with Crippen molar-refractivity contribution in [3.8, 4) is 22.3 Å². The van der Waals surface area contributed by atoms with Crippen LogP contribution in [-0.2, 0) is 0 Å². The van der Waals surface area contributed by atoms with E-state index in [-0.39, 0.29) is 13.4 Å². The molecule has 17 rings (SSSR count). The maximum Gasteiger partial charge on any atom is 0.249 e. The van der Waals surface area contributed by atoms with E-state index in [0.717, 1.165) is 60.9 Å². The predicted molar refractivity (Wildman–Crippen MR) is 285 cm³/mol. The maximum absolute atomic E-state index is 7.22. The Labute approximate surface area is 400 Å². The molecule has 0 amide bonds. The van der Waals surface area contributed by atoms with Crippen molar-refractivity contribution in [2.75, 3.05) is 9.80 Å². The van der Waals surface area contributed by atoms with E-state index in [0.29, 0.717) is 0 Å². The Bertz CT molecular complexity index is 4000. The zero-order chi connectivity index (χ0) is 43.9. The fourth-order valence-electron chi connectivity index (χ4n) is 12.6. The summed E-state index contributed by atoms with van der Waals surface area (Å²) in [5.41, 5.74) is 23.4. The van der Waals surface area contributed by atoms with Gasteiger partial charge in [0, 0.05) is 52.5 Å². The van der Waals surface area contributed by atoms with Gasteiger partial charge in [0.15, 0.2) is 11.2 Å². The average molecular weight is 899 g/mol. The minimum absolute atomic E-state index is 0.0494. The number of hydrogen-bond acceptors (Lipinski definition) is 6. The highest BCUT2D eigenvalue weighted by Crippen LogP contribution is 2.62. The summed E-state index contributed by atoms with van der Waals surface area (Å²) in [4.78, 5) is 10.5. The fourth-order valence-corrected chi connectivity index (χ4v) is 15.3. The van der Waals surface area contributed by atoms with E-state index in [2.05, 4.69) is 204 Å². The van der Waals surface area contributed by atoms with Crippen LogP contribution in [0.5, 0.6) is 0 Å². The average Bonchev–Trinajstić information content (AvgIpc) is 3.97. The van der Waals surface area contributed by atoms with E-state index in [1.54, 1.807) is 0 Å². The molecule has 5 aliphatic heterocycles. The van der Waals surface area contributed by atoms with Crippen LogP contribution in [0.2, 0.25) is 0 Å². The monoisotopic (exact) mass is 898 g/mol. The largest absolute Gasteiger partial charge is 0.454 e. The normalized spacial score (nSPS) is 14.2. The zero-order valence-corrected chi connectivity index (χ0v) is 37.8. The number of furan rings is 2. The van der Waals surface area contributed by atoms with Crippen molar-refractivity contribution in [3.63, 3.8) is 0 Å². The molecule has 0 saturated heterocycles. The van der Waals surface area contributed by atoms with Gasteiger partial charge in [0.1, 0.15) is 22.5 Å². The summed E-state index contributed by atoms with van der Waals surface area (Å²) in [5, 5.41) is 4.46. The van der Waals surface area contributed by atoms with Crippen LogP contribution in [0.3, 0.4) is 0 Å². The number of benzene rings is 10. The molecule has 0 fully saturated rings. The highest BCUT2D eigenvalue weighted by atomic mass is 32.2. The van der Waals surface area contributed by atoms with E-state index in [9.17, 15) is 0 Å². The summed E-state index contributed by atoms with van der Waals surface area (Å²) < 4.78 is 14.4. The summed E-state index contributed by atoms with van der Waals surface area (Å²) in [5.74, 6) is 0. The maximum atomic E-state index is 7.22. The molecule has 0 bridgehead atoms. The highest BCUT2D eigenvalue weighted by Gasteiger charge is 2.54. The van der Waals surface area contributed by atoms with Crippen LogP contribution < -0.4 is 42.6 Å². The molecule has 0 atom stereocenters. The van der Waals surface area contributed by atoms with Gasteiger partial charge in [-0.1, -0.05) is 198 Å². The summed E-state index contributed by atoms with van der Waals surface area (Å²) in [6.45, 7) is -0.0988. The van der Waals surface area contributed by atoms with Crippen LogP contribution in [0, 0.1) is 0 Å². The third-order valence-corrected chi connectivity index (χ3v) is 17.7. The van der Waals surface area contributed by atoms with Gasteiger partial charge in [-0.05, 0) is 74.4 Å². The number of anilines is 6. The lowest BCUT2D eigenvalue weighted by Crippen LogP contribution is -2.68. The molecule has 12 aromatic rings. The van der Waals surface area contributed by atoms with E-state index < -0.39 is 0 Å². The van der Waals surface area contributed by atoms with Crippen molar-refractivity contribution in [1.29, 1.82) is 0 Å². The van der Waals surface area contributed by atoms with Crippen LogP contribution in [0.4, 0.5) is 34.1 Å². The molecule has 0 spiro atoms. The second-order valence-electron chi connectivity index (χ2n) is 18.6. The third kappa shape index (κ3) is 4.48. The van der Waals surface area contributed by atoms with E-state index in [1.165, 1.54) is 91.7 Å². The Morgan fingerprint density at radius 3 is 1.31 bits per heavy atom. The lowest BCUT2D eigenvalue weighted by atomic mass is 9.30. The second kappa shape index (κ2) is 13.0. The first-order valence-corrected chi connectivity index (χ1v) is 24.9. The summed E-state index contributed by atoms with van der Waals surface area (Å²) in [6.07, 6.45) is 0. The molecule has 0 N–H and O–H groups in total. The number of rotatable bonds is 3. The number of fused-ring (bicyclic) bond motifs is 14. The standard InChI is InChI=1S/C60H32B2N2O2S2/c1-4-16-33(17-5-1)36-24-14-26-42-59(36)67-48-32-49-51-54-50(48)61(42)44-30-40-38-22-10-12-28-46(38)65-57(40)55-52(44)64(54)53-45(62(51)43-27-15-25-37(60(43)68-49)34-18-6-2-7-19-34)31-41-39-23-11-13-29-47(39)66-58(41)56(53)63(55)35-20-8-3-9-21-35/h1-32H. The topological polar surface area (TPSA) is 32.8 Å². The second-order valence-corrected chi connectivity index (χ2v) is 20.7. The number of nitrogens with zero attached hydrogens (tertiary/aromatic N) is 2. The van der Waals surface area contributed by atoms with Crippen LogP contribution >= 0.6 is 23.5 Å². The smallest absolute Gasteiger partial charge is 0.249 e. The van der Waals surface area contributed by atoms with Gasteiger partial charge in [-0.25, -0.2) is 0 Å². The highest BCUT2D eigenvalue weighted by molar-refractivity contribution is 8.01. The molecule has 0 saturated carbocycles. The minimum atomic E-state index is -0.0494. The Morgan fingerprint density at radius 2 is 0.809 bits per heavy atom. The van der Waals surface area contributed by atoms with Gasteiger partial charge in [0.2, 0.25) is 13.4 Å². The first-order valence-electron chi connectivity index (χ1n) is 23.3. The van der Waals surface area contributed by atoms with Gasteiger partial charge in [-0.3, -0.25) is 0 Å². The molecular weight excluding hydrogens is 866 g/mol. The van der Waals surface area contributed by atoms with Gasteiger partial charge in [-0.15, -0.1) is 0 Å². The van der Waals surface area contributed by atoms with Crippen molar-refractivity contribution in [1.82, 2.24) is 0 Å². The molecule has 4 nitrogen and oxygen atoms in total. The minimum Gasteiger partial charge on any atom is -0.454 e. The summed E-state index contributed by atoms with van der Waals surface area (Å²) in [7, 11) is 0. The predicted octanol–water partition coefficient (Wildman–Crippen LogP) is 12.7. The van der Waals surface area contributed by atoms with E-state index in [4.69, 9.17) is 8.83 Å².